The summed E-state index contributed by atoms with van der Waals surface area (Å²) in [6.45, 7) is 1.53. The van der Waals surface area contributed by atoms with Crippen molar-refractivity contribution in [3.63, 3.8) is 0 Å². The SMILES string of the molecule is O=C(Cc1noc2ccccc12)Nc1cnn(C[C@@H]2CCCCO2)c1. The highest BCUT2D eigenvalue weighted by molar-refractivity contribution is 5.94. The predicted octanol–water partition coefficient (Wildman–Crippen LogP) is 2.77. The van der Waals surface area contributed by atoms with Gasteiger partial charge in [0.1, 0.15) is 5.69 Å². The molecule has 0 saturated carbocycles. The van der Waals surface area contributed by atoms with E-state index in [0.717, 1.165) is 24.8 Å². The lowest BCUT2D eigenvalue weighted by Gasteiger charge is -2.22. The number of ether oxygens (including phenoxy) is 1. The van der Waals surface area contributed by atoms with E-state index in [-0.39, 0.29) is 18.4 Å². The molecule has 1 fully saturated rings. The molecule has 3 aromatic rings. The minimum absolute atomic E-state index is 0.146. The van der Waals surface area contributed by atoms with Gasteiger partial charge in [-0.1, -0.05) is 17.3 Å². The average molecular weight is 340 g/mol. The largest absolute Gasteiger partial charge is 0.376 e. The second-order valence-corrected chi connectivity index (χ2v) is 6.29. The van der Waals surface area contributed by atoms with Gasteiger partial charge in [0.2, 0.25) is 5.91 Å². The van der Waals surface area contributed by atoms with Gasteiger partial charge in [0.25, 0.3) is 0 Å². The van der Waals surface area contributed by atoms with Gasteiger partial charge in [-0.25, -0.2) is 0 Å². The zero-order chi connectivity index (χ0) is 17.1. The van der Waals surface area contributed by atoms with Gasteiger partial charge in [0.15, 0.2) is 5.58 Å². The molecule has 0 radical (unpaired) electrons. The van der Waals surface area contributed by atoms with E-state index < -0.39 is 0 Å². The summed E-state index contributed by atoms with van der Waals surface area (Å²) in [5, 5.41) is 12.0. The molecule has 0 bridgehead atoms. The normalized spacial score (nSPS) is 17.7. The molecule has 130 valence electrons. The molecule has 25 heavy (non-hydrogen) atoms. The Morgan fingerprint density at radius 3 is 3.12 bits per heavy atom. The van der Waals surface area contributed by atoms with E-state index >= 15 is 0 Å². The second kappa shape index (κ2) is 7.06. The number of nitrogens with zero attached hydrogens (tertiary/aromatic N) is 3. The van der Waals surface area contributed by atoms with Crippen LogP contribution in [0, 0.1) is 0 Å². The summed E-state index contributed by atoms with van der Waals surface area (Å²) in [6, 6.07) is 7.51. The smallest absolute Gasteiger partial charge is 0.230 e. The Labute approximate surface area is 144 Å². The molecule has 1 N–H and O–H groups in total. The number of benzene rings is 1. The molecular formula is C18H20N4O3. The van der Waals surface area contributed by atoms with Gasteiger partial charge in [-0.2, -0.15) is 5.10 Å². The molecule has 7 nitrogen and oxygen atoms in total. The highest BCUT2D eigenvalue weighted by atomic mass is 16.5. The maximum absolute atomic E-state index is 12.3. The molecule has 1 saturated heterocycles. The molecule has 4 rings (SSSR count). The van der Waals surface area contributed by atoms with Crippen molar-refractivity contribution in [3.8, 4) is 0 Å². The van der Waals surface area contributed by atoms with Crippen LogP contribution < -0.4 is 5.32 Å². The van der Waals surface area contributed by atoms with E-state index in [9.17, 15) is 4.79 Å². The molecule has 0 spiro atoms. The third-order valence-corrected chi connectivity index (χ3v) is 4.36. The fourth-order valence-electron chi connectivity index (χ4n) is 3.11. The molecule has 1 aliphatic heterocycles. The van der Waals surface area contributed by atoms with Gasteiger partial charge in [0, 0.05) is 18.2 Å². The van der Waals surface area contributed by atoms with E-state index in [1.54, 1.807) is 6.20 Å². The highest BCUT2D eigenvalue weighted by Gasteiger charge is 2.16. The Morgan fingerprint density at radius 2 is 2.24 bits per heavy atom. The van der Waals surface area contributed by atoms with E-state index in [1.807, 2.05) is 35.1 Å². The molecule has 1 atom stereocenters. The summed E-state index contributed by atoms with van der Waals surface area (Å²) in [4.78, 5) is 12.3. The summed E-state index contributed by atoms with van der Waals surface area (Å²) in [7, 11) is 0. The third-order valence-electron chi connectivity index (χ3n) is 4.36. The van der Waals surface area contributed by atoms with Crippen LogP contribution in [0.2, 0.25) is 0 Å². The van der Waals surface area contributed by atoms with Crippen molar-refractivity contribution in [2.75, 3.05) is 11.9 Å². The van der Waals surface area contributed by atoms with Gasteiger partial charge in [0.05, 0.1) is 31.0 Å². The molecule has 0 aliphatic carbocycles. The first-order valence-electron chi connectivity index (χ1n) is 8.55. The number of carbonyl (C=O) groups excluding carboxylic acids is 1. The van der Waals surface area contributed by atoms with E-state index in [4.69, 9.17) is 9.26 Å². The lowest BCUT2D eigenvalue weighted by Crippen LogP contribution is -2.24. The topological polar surface area (TPSA) is 82.2 Å². The van der Waals surface area contributed by atoms with Gasteiger partial charge < -0.3 is 14.6 Å². The van der Waals surface area contributed by atoms with Crippen LogP contribution in [0.1, 0.15) is 25.0 Å². The number of hydrogen-bond donors (Lipinski definition) is 1. The zero-order valence-corrected chi connectivity index (χ0v) is 13.9. The van der Waals surface area contributed by atoms with Crippen molar-refractivity contribution >= 4 is 22.6 Å². The van der Waals surface area contributed by atoms with Crippen molar-refractivity contribution in [2.45, 2.75) is 38.3 Å². The van der Waals surface area contributed by atoms with Gasteiger partial charge >= 0.3 is 0 Å². The zero-order valence-electron chi connectivity index (χ0n) is 13.9. The highest BCUT2D eigenvalue weighted by Crippen LogP contribution is 2.19. The van der Waals surface area contributed by atoms with Gasteiger partial charge in [-0.05, 0) is 31.4 Å². The fraction of sp³-hybridized carbons (Fsp3) is 0.389. The number of fused-ring (bicyclic) bond motifs is 1. The molecule has 2 aromatic heterocycles. The van der Waals surface area contributed by atoms with Crippen LogP contribution in [0.25, 0.3) is 11.0 Å². The van der Waals surface area contributed by atoms with Crippen LogP contribution in [-0.4, -0.2) is 33.6 Å². The van der Waals surface area contributed by atoms with E-state index in [0.29, 0.717) is 23.5 Å². The summed E-state index contributed by atoms with van der Waals surface area (Å²) in [5.74, 6) is -0.146. The Bertz CT molecular complexity index is 864. The van der Waals surface area contributed by atoms with Crippen LogP contribution in [-0.2, 0) is 22.5 Å². The van der Waals surface area contributed by atoms with Crippen molar-refractivity contribution < 1.29 is 14.1 Å². The first-order chi connectivity index (χ1) is 12.3. The number of aromatic nitrogens is 3. The van der Waals surface area contributed by atoms with Crippen LogP contribution >= 0.6 is 0 Å². The monoisotopic (exact) mass is 340 g/mol. The minimum atomic E-state index is -0.146. The van der Waals surface area contributed by atoms with Crippen molar-refractivity contribution in [2.24, 2.45) is 0 Å². The molecular weight excluding hydrogens is 320 g/mol. The molecule has 1 aliphatic rings. The summed E-state index contributed by atoms with van der Waals surface area (Å²) < 4.78 is 12.8. The minimum Gasteiger partial charge on any atom is -0.376 e. The number of nitrogens with one attached hydrogen (secondary N) is 1. The summed E-state index contributed by atoms with van der Waals surface area (Å²) in [6.07, 6.45) is 7.24. The Balaban J connectivity index is 1.36. The lowest BCUT2D eigenvalue weighted by atomic mass is 10.1. The standard InChI is InChI=1S/C18H20N4O3/c23-18(9-16-15-6-1-2-7-17(15)25-21-16)20-13-10-19-22(11-13)12-14-5-3-4-8-24-14/h1-2,6-7,10-11,14H,3-5,8-9,12H2,(H,20,23)/t14-/m0/s1. The maximum Gasteiger partial charge on any atom is 0.230 e. The molecule has 1 amide bonds. The number of amides is 1. The van der Waals surface area contributed by atoms with Crippen molar-refractivity contribution in [1.82, 2.24) is 14.9 Å². The van der Waals surface area contributed by atoms with Crippen LogP contribution in [0.4, 0.5) is 5.69 Å². The number of rotatable bonds is 5. The van der Waals surface area contributed by atoms with Crippen LogP contribution in [0.5, 0.6) is 0 Å². The Kier molecular flexibility index (Phi) is 4.47. The van der Waals surface area contributed by atoms with Crippen LogP contribution in [0.3, 0.4) is 0 Å². The second-order valence-electron chi connectivity index (χ2n) is 6.29. The van der Waals surface area contributed by atoms with Gasteiger partial charge in [-0.3, -0.25) is 9.48 Å². The molecule has 0 unspecified atom stereocenters. The first kappa shape index (κ1) is 15.8. The van der Waals surface area contributed by atoms with Crippen molar-refractivity contribution in [1.29, 1.82) is 0 Å². The number of para-hydroxylation sites is 1. The maximum atomic E-state index is 12.3. The molecule has 1 aromatic carbocycles. The third kappa shape index (κ3) is 3.71. The first-order valence-corrected chi connectivity index (χ1v) is 8.55. The Morgan fingerprint density at radius 1 is 1.32 bits per heavy atom. The van der Waals surface area contributed by atoms with Crippen molar-refractivity contribution in [3.05, 3.63) is 42.4 Å². The summed E-state index contributed by atoms with van der Waals surface area (Å²) >= 11 is 0. The van der Waals surface area contributed by atoms with Gasteiger partial charge in [-0.15, -0.1) is 0 Å². The fourth-order valence-corrected chi connectivity index (χ4v) is 3.11. The molecule has 7 heteroatoms. The Hall–Kier alpha value is -2.67. The molecule has 3 heterocycles. The lowest BCUT2D eigenvalue weighted by molar-refractivity contribution is -0.115. The quantitative estimate of drug-likeness (QED) is 0.772. The predicted molar refractivity (Wildman–Crippen MR) is 92.2 cm³/mol. The number of anilines is 1. The summed E-state index contributed by atoms with van der Waals surface area (Å²) in [5.41, 5.74) is 2.00. The number of hydrogen-bond acceptors (Lipinski definition) is 5. The van der Waals surface area contributed by atoms with Crippen LogP contribution in [0.15, 0.2) is 41.2 Å². The van der Waals surface area contributed by atoms with E-state index in [2.05, 4.69) is 15.6 Å². The number of carbonyl (C=O) groups is 1. The average Bonchev–Trinajstić information content (AvgIpc) is 3.23. The van der Waals surface area contributed by atoms with E-state index in [1.165, 1.54) is 6.42 Å².